The van der Waals surface area contributed by atoms with E-state index in [-0.39, 0.29) is 54.3 Å². The minimum atomic E-state index is -1.17. The van der Waals surface area contributed by atoms with Gasteiger partial charge in [0.25, 0.3) is 0 Å². The molecule has 0 spiro atoms. The van der Waals surface area contributed by atoms with Crippen molar-refractivity contribution in [1.29, 1.82) is 0 Å². The van der Waals surface area contributed by atoms with Crippen LogP contribution in [0.1, 0.15) is 89.5 Å². The fraction of sp³-hybridized carbons (Fsp3) is 0.651. The van der Waals surface area contributed by atoms with Crippen LogP contribution in [0.3, 0.4) is 0 Å². The zero-order chi connectivity index (χ0) is 44.5. The van der Waals surface area contributed by atoms with Gasteiger partial charge in [-0.2, -0.15) is 0 Å². The van der Waals surface area contributed by atoms with E-state index >= 15 is 0 Å². The average Bonchev–Trinajstić information content (AvgIpc) is 3.71. The standard InChI is InChI=1S/C21H30O7.C12H19BrO5.C10H12O4/c1-7-24-21(6)27-17-10-8-9-16(19(17)28-21)25-20-14(4)12(2)13(3)18(26-20)11-23-15(5)22;1-5-9-6(2)10(16-7(3)14)11(12(13)18-9)17-8(4)15;1-3-12-10(2)13-8-6-4-5-7(11)9(8)14-10/h8-10,12-14,18,20H,7,11H2,1-6H3;6,9-12H,5H2,1-4H3;4-6,11H,3H2,1-2H3/t12-,13-,14+,18+,20+,21?;6-,9-,10+,11-,12+;/m01./s1. The zero-order valence-corrected chi connectivity index (χ0v) is 38.1. The van der Waals surface area contributed by atoms with Gasteiger partial charge in [0, 0.05) is 46.5 Å². The van der Waals surface area contributed by atoms with E-state index in [9.17, 15) is 19.5 Å². The molecule has 0 radical (unpaired) electrons. The highest BCUT2D eigenvalue weighted by atomic mass is 79.9. The summed E-state index contributed by atoms with van der Waals surface area (Å²) in [6.45, 7) is 22.6. The maximum atomic E-state index is 11.2. The van der Waals surface area contributed by atoms with E-state index in [4.69, 9.17) is 56.8 Å². The largest absolute Gasteiger partial charge is 0.504 e. The lowest BCUT2D eigenvalue weighted by Gasteiger charge is -2.43. The van der Waals surface area contributed by atoms with Crippen LogP contribution < -0.4 is 23.7 Å². The fourth-order valence-corrected chi connectivity index (χ4v) is 7.91. The summed E-state index contributed by atoms with van der Waals surface area (Å²) in [7, 11) is 0. The number of phenols is 1. The molecule has 60 heavy (non-hydrogen) atoms. The van der Waals surface area contributed by atoms with Crippen molar-refractivity contribution in [3.63, 3.8) is 0 Å². The molecule has 0 aliphatic carbocycles. The second kappa shape index (κ2) is 21.2. The zero-order valence-electron chi connectivity index (χ0n) is 36.5. The van der Waals surface area contributed by atoms with Crippen LogP contribution in [0.25, 0.3) is 0 Å². The van der Waals surface area contributed by atoms with E-state index in [1.54, 1.807) is 32.0 Å². The maximum absolute atomic E-state index is 11.2. The van der Waals surface area contributed by atoms with Gasteiger partial charge in [-0.05, 0) is 56.4 Å². The van der Waals surface area contributed by atoms with Crippen LogP contribution >= 0.6 is 15.9 Å². The van der Waals surface area contributed by atoms with Crippen LogP contribution in [0.2, 0.25) is 0 Å². The van der Waals surface area contributed by atoms with E-state index in [1.165, 1.54) is 20.8 Å². The number of halogens is 1. The number of hydrogen-bond donors (Lipinski definition) is 1. The molecule has 336 valence electrons. The van der Waals surface area contributed by atoms with Crippen molar-refractivity contribution in [2.45, 2.75) is 137 Å². The van der Waals surface area contributed by atoms with Crippen molar-refractivity contribution in [3.8, 4) is 34.5 Å². The molecule has 16 nitrogen and oxygen atoms in total. The summed E-state index contributed by atoms with van der Waals surface area (Å²) >= 11 is 3.33. The van der Waals surface area contributed by atoms with Crippen molar-refractivity contribution >= 4 is 33.8 Å². The maximum Gasteiger partial charge on any atom is 0.369 e. The molecule has 6 rings (SSSR count). The second-order valence-electron chi connectivity index (χ2n) is 15.2. The minimum absolute atomic E-state index is 0.0305. The quantitative estimate of drug-likeness (QED) is 0.132. The van der Waals surface area contributed by atoms with Gasteiger partial charge in [0.2, 0.25) is 17.8 Å². The highest BCUT2D eigenvalue weighted by Crippen LogP contribution is 2.48. The Bertz CT molecular complexity index is 1760. The molecule has 0 bridgehead atoms. The first kappa shape index (κ1) is 48.6. The molecule has 2 saturated heterocycles. The summed E-state index contributed by atoms with van der Waals surface area (Å²) in [4.78, 5) is 33.5. The Balaban J connectivity index is 0.000000213. The van der Waals surface area contributed by atoms with Crippen molar-refractivity contribution < 1.29 is 76.3 Å². The first-order chi connectivity index (χ1) is 28.2. The predicted octanol–water partition coefficient (Wildman–Crippen LogP) is 7.63. The molecule has 1 N–H and O–H groups in total. The Hall–Kier alpha value is -4.03. The lowest BCUT2D eigenvalue weighted by atomic mass is 9.79. The highest BCUT2D eigenvalue weighted by Gasteiger charge is 2.47. The first-order valence-electron chi connectivity index (χ1n) is 20.3. The van der Waals surface area contributed by atoms with Crippen LogP contribution in [0.4, 0.5) is 0 Å². The average molecular weight is 914 g/mol. The number of phenolic OH excluding ortho intramolecular Hbond substituents is 1. The van der Waals surface area contributed by atoms with Crippen LogP contribution in [0, 0.1) is 23.7 Å². The molecule has 0 aromatic heterocycles. The smallest absolute Gasteiger partial charge is 0.369 e. The third-order valence-electron chi connectivity index (χ3n) is 10.6. The Morgan fingerprint density at radius 2 is 1.23 bits per heavy atom. The molecule has 4 heterocycles. The van der Waals surface area contributed by atoms with Gasteiger partial charge in [-0.25, -0.2) is 0 Å². The number of alkyl halides is 1. The minimum Gasteiger partial charge on any atom is -0.504 e. The normalized spacial score (nSPS) is 32.3. The Kier molecular flexibility index (Phi) is 17.2. The van der Waals surface area contributed by atoms with Crippen LogP contribution in [-0.4, -0.2) is 90.5 Å². The second-order valence-corrected chi connectivity index (χ2v) is 16.1. The SMILES string of the molecule is CCOC1(C)Oc2cccc(O)c2O1.CCOC1(C)Oc2cccc(O[C@@H]3O[C@H](COC(C)=O)[C@@H](C)[C@H](C)[C@H]3C)c2O1.CC[C@H]1O[C@H](Br)[C@H](OC(C)=O)[C@@H](OC(C)=O)[C@@H]1C. The van der Waals surface area contributed by atoms with Gasteiger partial charge < -0.3 is 61.9 Å². The Morgan fingerprint density at radius 1 is 0.683 bits per heavy atom. The third kappa shape index (κ3) is 12.3. The van der Waals surface area contributed by atoms with Crippen molar-refractivity contribution in [2.24, 2.45) is 23.7 Å². The molecule has 12 atom stereocenters. The topological polar surface area (TPSA) is 182 Å². The third-order valence-corrected chi connectivity index (χ3v) is 11.3. The number of carbonyl (C=O) groups excluding carboxylic acids is 3. The molecule has 2 aromatic rings. The Labute approximate surface area is 360 Å². The monoisotopic (exact) mass is 912 g/mol. The van der Waals surface area contributed by atoms with Gasteiger partial charge in [0.15, 0.2) is 34.1 Å². The van der Waals surface area contributed by atoms with E-state index in [0.717, 1.165) is 6.42 Å². The van der Waals surface area contributed by atoms with Gasteiger partial charge in [-0.1, -0.05) is 62.7 Å². The molecular formula is C43H61BrO16. The molecule has 0 saturated carbocycles. The van der Waals surface area contributed by atoms with E-state index in [2.05, 4.69) is 36.7 Å². The lowest BCUT2D eigenvalue weighted by Crippen LogP contribution is -2.54. The number of para-hydroxylation sites is 2. The van der Waals surface area contributed by atoms with E-state index < -0.39 is 41.4 Å². The van der Waals surface area contributed by atoms with E-state index in [1.807, 2.05) is 45.9 Å². The van der Waals surface area contributed by atoms with E-state index in [0.29, 0.717) is 47.9 Å². The molecule has 2 aromatic carbocycles. The van der Waals surface area contributed by atoms with Gasteiger partial charge in [-0.3, -0.25) is 14.4 Å². The van der Waals surface area contributed by atoms with Gasteiger partial charge in [-0.15, -0.1) is 0 Å². The van der Waals surface area contributed by atoms with Gasteiger partial charge in [0.05, 0.1) is 25.4 Å². The summed E-state index contributed by atoms with van der Waals surface area (Å²) in [6, 6.07) is 10.4. The number of aromatic hydroxyl groups is 1. The number of hydrogen-bond acceptors (Lipinski definition) is 16. The fourth-order valence-electron chi connectivity index (χ4n) is 7.22. The molecule has 2 unspecified atom stereocenters. The summed E-state index contributed by atoms with van der Waals surface area (Å²) in [6.07, 6.45) is -1.08. The molecular weight excluding hydrogens is 852 g/mol. The number of rotatable bonds is 11. The van der Waals surface area contributed by atoms with Crippen LogP contribution in [0.15, 0.2) is 36.4 Å². The molecule has 4 aliphatic rings. The number of fused-ring (bicyclic) bond motifs is 2. The number of esters is 3. The van der Waals surface area contributed by atoms with Gasteiger partial charge in [0.1, 0.15) is 12.7 Å². The number of benzene rings is 2. The van der Waals surface area contributed by atoms with Crippen molar-refractivity contribution in [3.05, 3.63) is 36.4 Å². The summed E-state index contributed by atoms with van der Waals surface area (Å²) in [5.74, 6) is -0.261. The van der Waals surface area contributed by atoms with Crippen LogP contribution in [-0.2, 0) is 47.5 Å². The summed E-state index contributed by atoms with van der Waals surface area (Å²) in [5.41, 5.74) is 0. The molecule has 17 heteroatoms. The first-order valence-corrected chi connectivity index (χ1v) is 21.2. The van der Waals surface area contributed by atoms with Gasteiger partial charge >= 0.3 is 29.9 Å². The molecule has 2 fully saturated rings. The van der Waals surface area contributed by atoms with Crippen molar-refractivity contribution in [1.82, 2.24) is 0 Å². The summed E-state index contributed by atoms with van der Waals surface area (Å²) < 4.78 is 67.1. The van der Waals surface area contributed by atoms with Crippen LogP contribution in [0.5, 0.6) is 34.5 Å². The lowest BCUT2D eigenvalue weighted by molar-refractivity contribution is -0.268. The summed E-state index contributed by atoms with van der Waals surface area (Å²) in [5, 5.41) is 9.01. The highest BCUT2D eigenvalue weighted by molar-refractivity contribution is 9.09. The number of carbonyl (C=O) groups is 3. The predicted molar refractivity (Wildman–Crippen MR) is 219 cm³/mol. The van der Waals surface area contributed by atoms with Crippen molar-refractivity contribution in [2.75, 3.05) is 19.8 Å². The Morgan fingerprint density at radius 3 is 1.77 bits per heavy atom. The molecule has 4 aliphatic heterocycles. The number of ether oxygens (including phenoxy) is 12. The molecule has 0 amide bonds.